The van der Waals surface area contributed by atoms with Crippen molar-refractivity contribution in [3.8, 4) is 0 Å². The van der Waals surface area contributed by atoms with Gasteiger partial charge in [-0.05, 0) is 0 Å². The fraction of sp³-hybridized carbons (Fsp3) is 1.00. The summed E-state index contributed by atoms with van der Waals surface area (Å²) in [4.78, 5) is 0. The zero-order chi connectivity index (χ0) is 19.2. The quantitative estimate of drug-likeness (QED) is 0.554. The minimum absolute atomic E-state index is 0.755. The monoisotopic (exact) mass is 424 g/mol. The Bertz CT molecular complexity index is 410. The zero-order valence-electron chi connectivity index (χ0n) is 17.2. The van der Waals surface area contributed by atoms with E-state index in [4.69, 9.17) is 25.5 Å². The number of nitrogens with zero attached hydrogens (tertiary/aromatic N) is 4. The molecule has 9 heteroatoms. The molecule has 0 aromatic rings. The topological polar surface area (TPSA) is 40.7 Å². The van der Waals surface area contributed by atoms with Gasteiger partial charge in [-0.25, -0.2) is 0 Å². The van der Waals surface area contributed by atoms with E-state index < -0.39 is 6.56 Å². The molecule has 160 valence electrons. The van der Waals surface area contributed by atoms with Gasteiger partial charge in [-0.3, -0.25) is 0 Å². The standard InChI is InChI=1S/C18H38ClN4O3P/c1-3-5-6-20(4-2)27(19,21-7-13-24-14-8-21,22-9-15-25-16-10-22)23-11-17-26-18-12-23/h3-18H2,1-2H3. The van der Waals surface area contributed by atoms with Crippen LogP contribution in [0.2, 0.25) is 0 Å². The molecule has 0 saturated carbocycles. The van der Waals surface area contributed by atoms with E-state index in [2.05, 4.69) is 32.5 Å². The van der Waals surface area contributed by atoms with Crippen LogP contribution in [0.4, 0.5) is 0 Å². The first kappa shape index (κ1) is 22.1. The summed E-state index contributed by atoms with van der Waals surface area (Å²) in [7, 11) is 0. The van der Waals surface area contributed by atoms with E-state index in [-0.39, 0.29) is 0 Å². The molecule has 3 heterocycles. The van der Waals surface area contributed by atoms with Crippen LogP contribution < -0.4 is 0 Å². The van der Waals surface area contributed by atoms with E-state index in [0.717, 1.165) is 98.4 Å². The van der Waals surface area contributed by atoms with Crippen molar-refractivity contribution in [2.75, 3.05) is 92.0 Å². The predicted octanol–water partition coefficient (Wildman–Crippen LogP) is 2.47. The minimum atomic E-state index is -3.21. The first-order valence-electron chi connectivity index (χ1n) is 10.6. The summed E-state index contributed by atoms with van der Waals surface area (Å²) in [5.74, 6) is 0. The van der Waals surface area contributed by atoms with E-state index >= 15 is 0 Å². The Morgan fingerprint density at radius 2 is 1.11 bits per heavy atom. The van der Waals surface area contributed by atoms with Crippen LogP contribution >= 0.6 is 17.8 Å². The molecule has 0 unspecified atom stereocenters. The number of hydrogen-bond acceptors (Lipinski definition) is 7. The third kappa shape index (κ3) is 4.05. The second-order valence-corrected chi connectivity index (χ2v) is 13.2. The molecule has 3 rings (SSSR count). The molecule has 0 amide bonds. The van der Waals surface area contributed by atoms with Crippen LogP contribution in [0.3, 0.4) is 0 Å². The van der Waals surface area contributed by atoms with Gasteiger partial charge in [0.2, 0.25) is 0 Å². The third-order valence-corrected chi connectivity index (χ3v) is 14.2. The summed E-state index contributed by atoms with van der Waals surface area (Å²) in [6, 6.07) is 0. The van der Waals surface area contributed by atoms with Crippen molar-refractivity contribution in [2.45, 2.75) is 26.7 Å². The molecule has 3 aliphatic rings. The average Bonchev–Trinajstić information content (AvgIpc) is 2.76. The van der Waals surface area contributed by atoms with Crippen LogP contribution in [0, 0.1) is 0 Å². The van der Waals surface area contributed by atoms with Gasteiger partial charge in [0.1, 0.15) is 0 Å². The number of ether oxygens (including phenoxy) is 3. The Balaban J connectivity index is 2.08. The van der Waals surface area contributed by atoms with Gasteiger partial charge in [0.15, 0.2) is 0 Å². The number of halogens is 1. The van der Waals surface area contributed by atoms with E-state index in [1.807, 2.05) is 0 Å². The SMILES string of the molecule is CCCCN(CC)P(Cl)(N1CCOCC1)(N1CCOCC1)N1CCOCC1. The Kier molecular flexibility index (Phi) is 8.17. The van der Waals surface area contributed by atoms with Crippen molar-refractivity contribution in [3.05, 3.63) is 0 Å². The van der Waals surface area contributed by atoms with Gasteiger partial charge in [0, 0.05) is 0 Å². The molecule has 0 aromatic carbocycles. The van der Waals surface area contributed by atoms with Crippen molar-refractivity contribution in [3.63, 3.8) is 0 Å². The van der Waals surface area contributed by atoms with Gasteiger partial charge in [0.05, 0.1) is 0 Å². The van der Waals surface area contributed by atoms with Gasteiger partial charge < -0.3 is 0 Å². The first-order chi connectivity index (χ1) is 13.2. The van der Waals surface area contributed by atoms with Crippen molar-refractivity contribution in [1.29, 1.82) is 0 Å². The molecule has 0 atom stereocenters. The van der Waals surface area contributed by atoms with E-state index in [9.17, 15) is 0 Å². The summed E-state index contributed by atoms with van der Waals surface area (Å²) in [6.45, 7) is 13.1. The van der Waals surface area contributed by atoms with Gasteiger partial charge in [0.25, 0.3) is 0 Å². The molecule has 0 N–H and O–H groups in total. The van der Waals surface area contributed by atoms with Crippen LogP contribution in [0.25, 0.3) is 0 Å². The van der Waals surface area contributed by atoms with Gasteiger partial charge in [-0.2, -0.15) is 0 Å². The van der Waals surface area contributed by atoms with Gasteiger partial charge in [-0.1, -0.05) is 0 Å². The normalized spacial score (nSPS) is 26.1. The molecule has 0 aromatic heterocycles. The van der Waals surface area contributed by atoms with Gasteiger partial charge in [-0.15, -0.1) is 0 Å². The summed E-state index contributed by atoms with van der Waals surface area (Å²) in [6.07, 6.45) is 2.34. The van der Waals surface area contributed by atoms with E-state index in [1.54, 1.807) is 0 Å². The van der Waals surface area contributed by atoms with Crippen molar-refractivity contribution >= 4 is 17.8 Å². The summed E-state index contributed by atoms with van der Waals surface area (Å²) >= 11 is 8.20. The molecular weight excluding hydrogens is 387 g/mol. The van der Waals surface area contributed by atoms with Crippen molar-refractivity contribution in [2.24, 2.45) is 0 Å². The Hall–Kier alpha value is 0.440. The second kappa shape index (κ2) is 9.96. The van der Waals surface area contributed by atoms with Gasteiger partial charge >= 0.3 is 169 Å². The molecular formula is C18H38ClN4O3P. The molecule has 27 heavy (non-hydrogen) atoms. The fourth-order valence-corrected chi connectivity index (χ4v) is 12.3. The Morgan fingerprint density at radius 3 is 1.41 bits per heavy atom. The number of rotatable bonds is 8. The van der Waals surface area contributed by atoms with Crippen LogP contribution in [0.5, 0.6) is 0 Å². The molecule has 0 aliphatic carbocycles. The predicted molar refractivity (Wildman–Crippen MR) is 112 cm³/mol. The Labute approximate surface area is 169 Å². The molecule has 3 fully saturated rings. The molecule has 3 aliphatic heterocycles. The first-order valence-corrected chi connectivity index (χ1v) is 13.6. The van der Waals surface area contributed by atoms with Crippen LogP contribution in [-0.4, -0.2) is 111 Å². The second-order valence-electron chi connectivity index (χ2n) is 7.44. The molecule has 0 radical (unpaired) electrons. The van der Waals surface area contributed by atoms with E-state index in [0.29, 0.717) is 0 Å². The Morgan fingerprint density at radius 1 is 0.741 bits per heavy atom. The zero-order valence-corrected chi connectivity index (χ0v) is 18.8. The fourth-order valence-electron chi connectivity index (χ4n) is 4.68. The van der Waals surface area contributed by atoms with Crippen LogP contribution in [0.1, 0.15) is 26.7 Å². The maximum absolute atomic E-state index is 8.20. The number of morpholine rings is 3. The maximum atomic E-state index is 8.20. The van der Waals surface area contributed by atoms with E-state index in [1.165, 1.54) is 6.42 Å². The summed E-state index contributed by atoms with van der Waals surface area (Å²) in [5, 5.41) is 0. The number of hydrogen-bond donors (Lipinski definition) is 0. The number of unbranched alkanes of at least 4 members (excludes halogenated alkanes) is 1. The third-order valence-electron chi connectivity index (χ3n) is 6.04. The molecule has 0 bridgehead atoms. The van der Waals surface area contributed by atoms with Crippen LogP contribution in [0.15, 0.2) is 0 Å². The molecule has 7 nitrogen and oxygen atoms in total. The summed E-state index contributed by atoms with van der Waals surface area (Å²) in [5.41, 5.74) is 0. The van der Waals surface area contributed by atoms with Crippen molar-refractivity contribution < 1.29 is 14.2 Å². The molecule has 0 spiro atoms. The summed E-state index contributed by atoms with van der Waals surface area (Å²) < 4.78 is 27.6. The van der Waals surface area contributed by atoms with Crippen LogP contribution in [-0.2, 0) is 14.2 Å². The van der Waals surface area contributed by atoms with Crippen molar-refractivity contribution in [1.82, 2.24) is 18.7 Å². The molecule has 3 saturated heterocycles. The average molecular weight is 425 g/mol.